The average Bonchev–Trinajstić information content (AvgIpc) is 2.91. The lowest BCUT2D eigenvalue weighted by Crippen LogP contribution is -1.80. The van der Waals surface area contributed by atoms with E-state index in [1.165, 1.54) is 12.8 Å². The predicted molar refractivity (Wildman–Crippen MR) is 55.7 cm³/mol. The van der Waals surface area contributed by atoms with E-state index in [0.717, 1.165) is 27.2 Å². The van der Waals surface area contributed by atoms with Crippen LogP contribution in [0.1, 0.15) is 30.0 Å². The van der Waals surface area contributed by atoms with Gasteiger partial charge in [0.2, 0.25) is 0 Å². The highest BCUT2D eigenvalue weighted by atomic mass is 35.5. The van der Waals surface area contributed by atoms with Crippen molar-refractivity contribution in [1.82, 2.24) is 5.16 Å². The Kier molecular flexibility index (Phi) is 1.62. The van der Waals surface area contributed by atoms with Crippen molar-refractivity contribution >= 4 is 22.6 Å². The standard InChI is InChI=1S/C11H10ClNO/c1-6-4-8-10(5-9(6)12)14-13-11(8)7-2-3-7/h4-5,7H,2-3H2,1H3. The summed E-state index contributed by atoms with van der Waals surface area (Å²) in [6, 6.07) is 3.92. The number of hydrogen-bond donors (Lipinski definition) is 0. The number of aromatic nitrogens is 1. The van der Waals surface area contributed by atoms with Crippen LogP contribution in [0, 0.1) is 6.92 Å². The van der Waals surface area contributed by atoms with E-state index < -0.39 is 0 Å². The fourth-order valence-corrected chi connectivity index (χ4v) is 1.89. The number of benzene rings is 1. The van der Waals surface area contributed by atoms with Crippen molar-refractivity contribution in [3.8, 4) is 0 Å². The molecule has 0 spiro atoms. The fraction of sp³-hybridized carbons (Fsp3) is 0.364. The fourth-order valence-electron chi connectivity index (χ4n) is 1.74. The second-order valence-corrected chi connectivity index (χ2v) is 4.35. The van der Waals surface area contributed by atoms with Gasteiger partial charge in [0.25, 0.3) is 0 Å². The smallest absolute Gasteiger partial charge is 0.168 e. The summed E-state index contributed by atoms with van der Waals surface area (Å²) in [5.74, 6) is 0.622. The normalized spacial score (nSPS) is 16.4. The van der Waals surface area contributed by atoms with Crippen LogP contribution in [0.3, 0.4) is 0 Å². The molecule has 0 radical (unpaired) electrons. The summed E-state index contributed by atoms with van der Waals surface area (Å²) in [5, 5.41) is 5.99. The van der Waals surface area contributed by atoms with E-state index in [-0.39, 0.29) is 0 Å². The lowest BCUT2D eigenvalue weighted by atomic mass is 10.1. The van der Waals surface area contributed by atoms with Crippen molar-refractivity contribution in [2.24, 2.45) is 0 Å². The summed E-state index contributed by atoms with van der Waals surface area (Å²) >= 11 is 6.00. The number of rotatable bonds is 1. The van der Waals surface area contributed by atoms with Gasteiger partial charge in [-0.1, -0.05) is 16.8 Å². The molecule has 0 amide bonds. The van der Waals surface area contributed by atoms with Crippen LogP contribution < -0.4 is 0 Å². The molecule has 72 valence electrons. The minimum absolute atomic E-state index is 0.622. The van der Waals surface area contributed by atoms with Gasteiger partial charge in [0, 0.05) is 22.4 Å². The molecule has 3 heteroatoms. The van der Waals surface area contributed by atoms with E-state index in [1.54, 1.807) is 0 Å². The van der Waals surface area contributed by atoms with Gasteiger partial charge in [-0.2, -0.15) is 0 Å². The van der Waals surface area contributed by atoms with E-state index >= 15 is 0 Å². The monoisotopic (exact) mass is 207 g/mol. The van der Waals surface area contributed by atoms with E-state index in [1.807, 2.05) is 13.0 Å². The Labute approximate surface area is 86.8 Å². The minimum Gasteiger partial charge on any atom is -0.356 e. The molecule has 1 aliphatic rings. The van der Waals surface area contributed by atoms with Crippen LogP contribution in [0.4, 0.5) is 0 Å². The maximum Gasteiger partial charge on any atom is 0.168 e. The molecule has 1 aliphatic carbocycles. The third kappa shape index (κ3) is 1.14. The summed E-state index contributed by atoms with van der Waals surface area (Å²) in [5.41, 5.74) is 3.01. The van der Waals surface area contributed by atoms with Crippen LogP contribution in [0.25, 0.3) is 11.0 Å². The number of halogens is 1. The Morgan fingerprint density at radius 3 is 2.93 bits per heavy atom. The van der Waals surface area contributed by atoms with Crippen LogP contribution in [0.15, 0.2) is 16.7 Å². The summed E-state index contributed by atoms with van der Waals surface area (Å²) < 4.78 is 5.25. The number of hydrogen-bond acceptors (Lipinski definition) is 2. The van der Waals surface area contributed by atoms with E-state index in [4.69, 9.17) is 16.1 Å². The second kappa shape index (κ2) is 2.74. The zero-order chi connectivity index (χ0) is 9.71. The maximum atomic E-state index is 6.00. The van der Waals surface area contributed by atoms with Gasteiger partial charge in [0.05, 0.1) is 5.69 Å². The predicted octanol–water partition coefficient (Wildman–Crippen LogP) is 3.67. The SMILES string of the molecule is Cc1cc2c(C3CC3)noc2cc1Cl. The van der Waals surface area contributed by atoms with Crippen LogP contribution in [-0.4, -0.2) is 5.16 Å². The van der Waals surface area contributed by atoms with Gasteiger partial charge in [0.1, 0.15) is 0 Å². The quantitative estimate of drug-likeness (QED) is 0.713. The molecule has 0 unspecified atom stereocenters. The number of nitrogens with zero attached hydrogens (tertiary/aromatic N) is 1. The molecule has 0 N–H and O–H groups in total. The van der Waals surface area contributed by atoms with Gasteiger partial charge in [-0.25, -0.2) is 0 Å². The van der Waals surface area contributed by atoms with Gasteiger partial charge < -0.3 is 4.52 Å². The van der Waals surface area contributed by atoms with E-state index in [2.05, 4.69) is 11.2 Å². The van der Waals surface area contributed by atoms with Gasteiger partial charge in [-0.15, -0.1) is 0 Å². The molecule has 0 saturated heterocycles. The van der Waals surface area contributed by atoms with Crippen molar-refractivity contribution in [3.05, 3.63) is 28.4 Å². The average molecular weight is 208 g/mol. The molecule has 1 saturated carbocycles. The molecule has 1 aromatic heterocycles. The Morgan fingerprint density at radius 2 is 2.21 bits per heavy atom. The zero-order valence-corrected chi connectivity index (χ0v) is 8.64. The minimum atomic E-state index is 0.622. The Morgan fingerprint density at radius 1 is 1.43 bits per heavy atom. The summed E-state index contributed by atoms with van der Waals surface area (Å²) in [4.78, 5) is 0. The largest absolute Gasteiger partial charge is 0.356 e. The van der Waals surface area contributed by atoms with E-state index in [0.29, 0.717) is 5.92 Å². The first-order valence-corrected chi connectivity index (χ1v) is 5.19. The van der Waals surface area contributed by atoms with Crippen molar-refractivity contribution in [3.63, 3.8) is 0 Å². The first-order valence-electron chi connectivity index (χ1n) is 4.81. The maximum absolute atomic E-state index is 6.00. The van der Waals surface area contributed by atoms with Gasteiger partial charge in [0.15, 0.2) is 5.58 Å². The molecule has 1 fully saturated rings. The zero-order valence-electron chi connectivity index (χ0n) is 7.88. The molecule has 1 heterocycles. The summed E-state index contributed by atoms with van der Waals surface area (Å²) in [6.07, 6.45) is 2.48. The van der Waals surface area contributed by atoms with Crippen LogP contribution in [0.5, 0.6) is 0 Å². The molecular formula is C11H10ClNO. The van der Waals surface area contributed by atoms with E-state index in [9.17, 15) is 0 Å². The third-order valence-corrected chi connectivity index (χ3v) is 3.15. The van der Waals surface area contributed by atoms with Crippen LogP contribution in [0.2, 0.25) is 5.02 Å². The first kappa shape index (κ1) is 8.30. The third-order valence-electron chi connectivity index (χ3n) is 2.74. The topological polar surface area (TPSA) is 26.0 Å². The molecule has 1 aromatic carbocycles. The highest BCUT2D eigenvalue weighted by Gasteiger charge is 2.29. The second-order valence-electron chi connectivity index (χ2n) is 3.94. The van der Waals surface area contributed by atoms with Crippen LogP contribution >= 0.6 is 11.6 Å². The summed E-state index contributed by atoms with van der Waals surface area (Å²) in [6.45, 7) is 2.01. The lowest BCUT2D eigenvalue weighted by molar-refractivity contribution is 0.446. The highest BCUT2D eigenvalue weighted by molar-refractivity contribution is 6.32. The van der Waals surface area contributed by atoms with Gasteiger partial charge in [-0.05, 0) is 31.4 Å². The van der Waals surface area contributed by atoms with Crippen molar-refractivity contribution in [2.45, 2.75) is 25.7 Å². The van der Waals surface area contributed by atoms with Crippen molar-refractivity contribution in [2.75, 3.05) is 0 Å². The molecule has 2 nitrogen and oxygen atoms in total. The molecular weight excluding hydrogens is 198 g/mol. The summed E-state index contributed by atoms with van der Waals surface area (Å²) in [7, 11) is 0. The Hall–Kier alpha value is -1.02. The Bertz CT molecular complexity index is 499. The van der Waals surface area contributed by atoms with Gasteiger partial charge >= 0.3 is 0 Å². The molecule has 3 rings (SSSR count). The molecule has 14 heavy (non-hydrogen) atoms. The van der Waals surface area contributed by atoms with Gasteiger partial charge in [-0.3, -0.25) is 0 Å². The molecule has 0 bridgehead atoms. The number of fused-ring (bicyclic) bond motifs is 1. The Balaban J connectivity index is 2.29. The van der Waals surface area contributed by atoms with Crippen molar-refractivity contribution < 1.29 is 4.52 Å². The first-order chi connectivity index (χ1) is 6.75. The molecule has 0 aliphatic heterocycles. The highest BCUT2D eigenvalue weighted by Crippen LogP contribution is 2.43. The van der Waals surface area contributed by atoms with Crippen LogP contribution in [-0.2, 0) is 0 Å². The molecule has 0 atom stereocenters. The molecule has 2 aromatic rings. The number of aryl methyl sites for hydroxylation is 1. The lowest BCUT2D eigenvalue weighted by Gasteiger charge is -1.96. The van der Waals surface area contributed by atoms with Crippen molar-refractivity contribution in [1.29, 1.82) is 0 Å².